The summed E-state index contributed by atoms with van der Waals surface area (Å²) in [6, 6.07) is 15.7. The highest BCUT2D eigenvalue weighted by Crippen LogP contribution is 2.33. The first kappa shape index (κ1) is 21.3. The molecule has 1 atom stereocenters. The summed E-state index contributed by atoms with van der Waals surface area (Å²) in [6.45, 7) is 7.70. The molecule has 0 amide bonds. The first-order chi connectivity index (χ1) is 15.8. The molecule has 0 fully saturated rings. The molecule has 0 bridgehead atoms. The molecule has 4 aromatic rings. The van der Waals surface area contributed by atoms with Crippen molar-refractivity contribution >= 4 is 10.9 Å². The Morgan fingerprint density at radius 1 is 1.09 bits per heavy atom. The van der Waals surface area contributed by atoms with Crippen molar-refractivity contribution in [1.82, 2.24) is 30.1 Å². The second-order valence-electron chi connectivity index (χ2n) is 9.52. The third-order valence-electron chi connectivity index (χ3n) is 6.27. The molecule has 1 unspecified atom stereocenters. The summed E-state index contributed by atoms with van der Waals surface area (Å²) in [6.07, 6.45) is 0.906. The summed E-state index contributed by atoms with van der Waals surface area (Å²) < 4.78 is 7.23. The predicted octanol–water partition coefficient (Wildman–Crippen LogP) is 3.43. The van der Waals surface area contributed by atoms with Gasteiger partial charge < -0.3 is 9.72 Å². The quantitative estimate of drug-likeness (QED) is 0.519. The smallest absolute Gasteiger partial charge is 0.253 e. The molecule has 2 aromatic carbocycles. The summed E-state index contributed by atoms with van der Waals surface area (Å²) in [7, 11) is 1.64. The molecule has 0 saturated carbocycles. The maximum absolute atomic E-state index is 13.4. The van der Waals surface area contributed by atoms with E-state index >= 15 is 0 Å². The Hall–Kier alpha value is -3.52. The SMILES string of the molecule is COc1ccc2[nH]c(=O)c(C(c3nnnn3C(C)(C)C)N3CCc4ccccc4C3)cc2c1. The molecule has 2 aromatic heterocycles. The van der Waals surface area contributed by atoms with Crippen LogP contribution in [-0.2, 0) is 18.5 Å². The van der Waals surface area contributed by atoms with Crippen LogP contribution in [0, 0.1) is 0 Å². The van der Waals surface area contributed by atoms with E-state index in [4.69, 9.17) is 4.74 Å². The van der Waals surface area contributed by atoms with Gasteiger partial charge in [0.2, 0.25) is 0 Å². The van der Waals surface area contributed by atoms with Crippen LogP contribution in [-0.4, -0.2) is 43.7 Å². The Balaban J connectivity index is 1.69. The van der Waals surface area contributed by atoms with Gasteiger partial charge in [0.05, 0.1) is 12.6 Å². The number of hydrogen-bond acceptors (Lipinski definition) is 6. The summed E-state index contributed by atoms with van der Waals surface area (Å²) in [5, 5.41) is 13.6. The number of H-pyrrole nitrogens is 1. The minimum atomic E-state index is -0.396. The highest BCUT2D eigenvalue weighted by atomic mass is 16.5. The summed E-state index contributed by atoms with van der Waals surface area (Å²) in [4.78, 5) is 18.7. The van der Waals surface area contributed by atoms with Gasteiger partial charge in [0.25, 0.3) is 5.56 Å². The number of aromatic nitrogens is 5. The molecule has 8 heteroatoms. The van der Waals surface area contributed by atoms with E-state index in [9.17, 15) is 4.79 Å². The molecule has 0 radical (unpaired) electrons. The van der Waals surface area contributed by atoms with Crippen molar-refractivity contribution in [2.24, 2.45) is 0 Å². The number of rotatable bonds is 4. The number of nitrogens with zero attached hydrogens (tertiary/aromatic N) is 5. The molecule has 0 aliphatic carbocycles. The van der Waals surface area contributed by atoms with Gasteiger partial charge in [-0.05, 0) is 73.0 Å². The number of fused-ring (bicyclic) bond motifs is 2. The fourth-order valence-electron chi connectivity index (χ4n) is 4.61. The average molecular weight is 445 g/mol. The number of methoxy groups -OCH3 is 1. The Morgan fingerprint density at radius 3 is 2.64 bits per heavy atom. The summed E-state index contributed by atoms with van der Waals surface area (Å²) in [5.41, 5.74) is 3.53. The van der Waals surface area contributed by atoms with Crippen molar-refractivity contribution in [3.63, 3.8) is 0 Å². The molecule has 0 saturated heterocycles. The van der Waals surface area contributed by atoms with Gasteiger partial charge in [-0.1, -0.05) is 24.3 Å². The Bertz CT molecular complexity index is 1370. The van der Waals surface area contributed by atoms with Crippen molar-refractivity contribution in [1.29, 1.82) is 0 Å². The highest BCUT2D eigenvalue weighted by molar-refractivity contribution is 5.80. The van der Waals surface area contributed by atoms with E-state index in [1.807, 2.05) is 28.9 Å². The fourth-order valence-corrected chi connectivity index (χ4v) is 4.61. The van der Waals surface area contributed by atoms with Crippen molar-refractivity contribution in [3.8, 4) is 5.75 Å². The standard InChI is InChI=1S/C25H28N6O2/c1-25(2,3)31-23(27-28-29-31)22(30-12-11-16-7-5-6-8-17(16)15-30)20-14-18-13-19(33-4)9-10-21(18)26-24(20)32/h5-10,13-14,22H,11-12,15H2,1-4H3,(H,26,32). The van der Waals surface area contributed by atoms with Crippen LogP contribution in [0.5, 0.6) is 5.75 Å². The Kier molecular flexibility index (Phi) is 5.25. The van der Waals surface area contributed by atoms with E-state index in [1.165, 1.54) is 11.1 Å². The van der Waals surface area contributed by atoms with E-state index in [1.54, 1.807) is 7.11 Å². The predicted molar refractivity (Wildman–Crippen MR) is 126 cm³/mol. The molecule has 0 spiro atoms. The van der Waals surface area contributed by atoms with Gasteiger partial charge in [-0.3, -0.25) is 9.69 Å². The lowest BCUT2D eigenvalue weighted by Crippen LogP contribution is -2.40. The Morgan fingerprint density at radius 2 is 1.88 bits per heavy atom. The molecule has 1 aliphatic heterocycles. The molecule has 33 heavy (non-hydrogen) atoms. The molecule has 8 nitrogen and oxygen atoms in total. The van der Waals surface area contributed by atoms with Gasteiger partial charge in [0.1, 0.15) is 11.8 Å². The van der Waals surface area contributed by atoms with Crippen LogP contribution < -0.4 is 10.3 Å². The zero-order valence-corrected chi connectivity index (χ0v) is 19.4. The van der Waals surface area contributed by atoms with Crippen molar-refractivity contribution < 1.29 is 4.74 Å². The third-order valence-corrected chi connectivity index (χ3v) is 6.27. The fraction of sp³-hybridized carbons (Fsp3) is 0.360. The normalized spacial score (nSPS) is 15.4. The second kappa shape index (κ2) is 8.12. The zero-order valence-electron chi connectivity index (χ0n) is 19.4. The number of aromatic amines is 1. The van der Waals surface area contributed by atoms with Crippen molar-refractivity contribution in [2.45, 2.75) is 45.3 Å². The molecule has 1 aliphatic rings. The minimum Gasteiger partial charge on any atom is -0.497 e. The van der Waals surface area contributed by atoms with Crippen LogP contribution in [0.25, 0.3) is 10.9 Å². The van der Waals surface area contributed by atoms with E-state index in [2.05, 4.69) is 70.4 Å². The van der Waals surface area contributed by atoms with Gasteiger partial charge in [0, 0.05) is 29.6 Å². The van der Waals surface area contributed by atoms with Crippen LogP contribution in [0.2, 0.25) is 0 Å². The van der Waals surface area contributed by atoms with E-state index in [0.717, 1.165) is 29.6 Å². The van der Waals surface area contributed by atoms with Gasteiger partial charge in [0.15, 0.2) is 5.82 Å². The number of ether oxygens (including phenoxy) is 1. The molecule has 5 rings (SSSR count). The third kappa shape index (κ3) is 3.91. The molecule has 3 heterocycles. The summed E-state index contributed by atoms with van der Waals surface area (Å²) >= 11 is 0. The van der Waals surface area contributed by atoms with E-state index in [-0.39, 0.29) is 11.1 Å². The van der Waals surface area contributed by atoms with Gasteiger partial charge >= 0.3 is 0 Å². The Labute approximate surface area is 192 Å². The number of hydrogen-bond donors (Lipinski definition) is 1. The molecular weight excluding hydrogens is 416 g/mol. The minimum absolute atomic E-state index is 0.139. The number of tetrazole rings is 1. The maximum atomic E-state index is 13.4. The molecule has 1 N–H and O–H groups in total. The van der Waals surface area contributed by atoms with Crippen molar-refractivity contribution in [3.05, 3.63) is 81.4 Å². The zero-order chi connectivity index (χ0) is 23.2. The van der Waals surface area contributed by atoms with Crippen molar-refractivity contribution in [2.75, 3.05) is 13.7 Å². The molecule has 170 valence electrons. The van der Waals surface area contributed by atoms with Crippen LogP contribution in [0.4, 0.5) is 0 Å². The maximum Gasteiger partial charge on any atom is 0.253 e. The lowest BCUT2D eigenvalue weighted by Gasteiger charge is -2.36. The van der Waals surface area contributed by atoms with Crippen LogP contribution in [0.3, 0.4) is 0 Å². The monoisotopic (exact) mass is 444 g/mol. The van der Waals surface area contributed by atoms with Gasteiger partial charge in [-0.15, -0.1) is 5.10 Å². The van der Waals surface area contributed by atoms with Crippen LogP contribution in [0.1, 0.15) is 49.3 Å². The lowest BCUT2D eigenvalue weighted by molar-refractivity contribution is 0.185. The van der Waals surface area contributed by atoms with E-state index in [0.29, 0.717) is 17.9 Å². The second-order valence-corrected chi connectivity index (χ2v) is 9.52. The molecular formula is C25H28N6O2. The first-order valence-electron chi connectivity index (χ1n) is 11.2. The number of nitrogens with one attached hydrogen (secondary N) is 1. The largest absolute Gasteiger partial charge is 0.497 e. The van der Waals surface area contributed by atoms with Gasteiger partial charge in [-0.25, -0.2) is 4.68 Å². The first-order valence-corrected chi connectivity index (χ1v) is 11.2. The highest BCUT2D eigenvalue weighted by Gasteiger charge is 2.34. The van der Waals surface area contributed by atoms with Gasteiger partial charge in [-0.2, -0.15) is 0 Å². The number of benzene rings is 2. The summed E-state index contributed by atoms with van der Waals surface area (Å²) in [5.74, 6) is 1.40. The van der Waals surface area contributed by atoms with E-state index < -0.39 is 6.04 Å². The van der Waals surface area contributed by atoms with Crippen LogP contribution in [0.15, 0.2) is 53.3 Å². The average Bonchev–Trinajstić information content (AvgIpc) is 3.29. The van der Waals surface area contributed by atoms with Crippen LogP contribution >= 0.6 is 0 Å². The number of pyridine rings is 1. The topological polar surface area (TPSA) is 88.9 Å². The lowest BCUT2D eigenvalue weighted by atomic mass is 9.95.